The van der Waals surface area contributed by atoms with E-state index >= 15 is 0 Å². The van der Waals surface area contributed by atoms with Gasteiger partial charge in [0.05, 0.1) is 10.4 Å². The van der Waals surface area contributed by atoms with Gasteiger partial charge < -0.3 is 4.98 Å². The zero-order valence-electron chi connectivity index (χ0n) is 6.93. The summed E-state index contributed by atoms with van der Waals surface area (Å²) in [6.07, 6.45) is 1.60. The minimum atomic E-state index is -0.554. The molecule has 0 saturated carbocycles. The second-order valence-electron chi connectivity index (χ2n) is 2.76. The number of aromatic nitrogens is 1. The lowest BCUT2D eigenvalue weighted by Gasteiger charge is -1.94. The van der Waals surface area contributed by atoms with Crippen LogP contribution >= 0.6 is 0 Å². The highest BCUT2D eigenvalue weighted by atomic mass is 16.6. The summed E-state index contributed by atoms with van der Waals surface area (Å²) in [5, 5.41) is 13.8. The van der Waals surface area contributed by atoms with Crippen LogP contribution in [0.25, 0.3) is 10.9 Å². The third kappa shape index (κ3) is 1.13. The first kappa shape index (κ1) is 8.36. The van der Waals surface area contributed by atoms with Crippen molar-refractivity contribution in [3.8, 4) is 0 Å². The van der Waals surface area contributed by atoms with Gasteiger partial charge in [0, 0.05) is 23.7 Å². The Labute approximate surface area is 77.7 Å². The lowest BCUT2D eigenvalue weighted by atomic mass is 10.2. The number of hydrogen-bond donors (Lipinski definition) is 1. The van der Waals surface area contributed by atoms with Crippen molar-refractivity contribution in [2.24, 2.45) is 5.18 Å². The summed E-state index contributed by atoms with van der Waals surface area (Å²) in [6.45, 7) is 0. The molecule has 0 saturated heterocycles. The molecule has 1 N–H and O–H groups in total. The summed E-state index contributed by atoms with van der Waals surface area (Å²) < 4.78 is 0. The number of aromatic amines is 1. The molecule has 14 heavy (non-hydrogen) atoms. The molecule has 0 unspecified atom stereocenters. The SMILES string of the molecule is O=Nc1cc([N+](=O)[O-])cc2cc[nH]c12. The second-order valence-corrected chi connectivity index (χ2v) is 2.76. The standard InChI is InChI=1S/C8H5N3O3/c12-10-7-4-6(11(13)14)3-5-1-2-9-8(5)7/h1-4,9H. The van der Waals surface area contributed by atoms with Crippen LogP contribution in [0, 0.1) is 15.0 Å². The van der Waals surface area contributed by atoms with Gasteiger partial charge in [-0.05, 0) is 11.2 Å². The minimum absolute atomic E-state index is 0.0548. The molecule has 0 bridgehead atoms. The molecule has 2 aromatic rings. The van der Waals surface area contributed by atoms with E-state index in [0.717, 1.165) is 6.07 Å². The van der Waals surface area contributed by atoms with Crippen molar-refractivity contribution in [2.45, 2.75) is 0 Å². The summed E-state index contributed by atoms with van der Waals surface area (Å²) in [6, 6.07) is 4.18. The highest BCUT2D eigenvalue weighted by Gasteiger charge is 2.12. The average molecular weight is 191 g/mol. The fourth-order valence-corrected chi connectivity index (χ4v) is 1.31. The molecule has 0 aliphatic rings. The Morgan fingerprint density at radius 1 is 1.43 bits per heavy atom. The van der Waals surface area contributed by atoms with Crippen LogP contribution in [0.15, 0.2) is 29.6 Å². The van der Waals surface area contributed by atoms with Crippen molar-refractivity contribution >= 4 is 22.3 Å². The summed E-state index contributed by atoms with van der Waals surface area (Å²) in [5.74, 6) is 0. The fraction of sp³-hybridized carbons (Fsp3) is 0. The number of nitro benzene ring substituents is 1. The van der Waals surface area contributed by atoms with Crippen LogP contribution in [0.3, 0.4) is 0 Å². The van der Waals surface area contributed by atoms with E-state index in [1.54, 1.807) is 12.3 Å². The monoisotopic (exact) mass is 191 g/mol. The van der Waals surface area contributed by atoms with E-state index in [1.165, 1.54) is 6.07 Å². The number of fused-ring (bicyclic) bond motifs is 1. The lowest BCUT2D eigenvalue weighted by Crippen LogP contribution is -1.86. The van der Waals surface area contributed by atoms with E-state index in [1.807, 2.05) is 0 Å². The maximum absolute atomic E-state index is 10.5. The van der Waals surface area contributed by atoms with Gasteiger partial charge in [0.1, 0.15) is 5.69 Å². The van der Waals surface area contributed by atoms with Gasteiger partial charge >= 0.3 is 0 Å². The normalized spacial score (nSPS) is 10.3. The number of benzene rings is 1. The summed E-state index contributed by atoms with van der Waals surface area (Å²) in [4.78, 5) is 23.1. The number of non-ortho nitro benzene ring substituents is 1. The van der Waals surface area contributed by atoms with Crippen LogP contribution in [-0.2, 0) is 0 Å². The maximum atomic E-state index is 10.5. The van der Waals surface area contributed by atoms with Crippen molar-refractivity contribution in [1.29, 1.82) is 0 Å². The van der Waals surface area contributed by atoms with E-state index < -0.39 is 4.92 Å². The quantitative estimate of drug-likeness (QED) is 0.449. The zero-order chi connectivity index (χ0) is 10.1. The Morgan fingerprint density at radius 3 is 2.86 bits per heavy atom. The van der Waals surface area contributed by atoms with Crippen LogP contribution in [0.4, 0.5) is 11.4 Å². The molecular formula is C8H5N3O3. The van der Waals surface area contributed by atoms with Crippen molar-refractivity contribution < 1.29 is 4.92 Å². The Kier molecular flexibility index (Phi) is 1.74. The van der Waals surface area contributed by atoms with Gasteiger partial charge in [-0.2, -0.15) is 0 Å². The van der Waals surface area contributed by atoms with Gasteiger partial charge in [-0.15, -0.1) is 4.91 Å². The summed E-state index contributed by atoms with van der Waals surface area (Å²) in [7, 11) is 0. The third-order valence-corrected chi connectivity index (χ3v) is 1.93. The van der Waals surface area contributed by atoms with Crippen molar-refractivity contribution in [1.82, 2.24) is 4.98 Å². The molecule has 0 fully saturated rings. The van der Waals surface area contributed by atoms with Gasteiger partial charge in [-0.3, -0.25) is 10.1 Å². The van der Waals surface area contributed by atoms with E-state index in [4.69, 9.17) is 0 Å². The molecular weight excluding hydrogens is 186 g/mol. The molecule has 0 amide bonds. The molecule has 0 aliphatic carbocycles. The highest BCUT2D eigenvalue weighted by Crippen LogP contribution is 2.29. The maximum Gasteiger partial charge on any atom is 0.272 e. The van der Waals surface area contributed by atoms with Crippen LogP contribution in [0.1, 0.15) is 0 Å². The summed E-state index contributed by atoms with van der Waals surface area (Å²) in [5.41, 5.74) is 0.441. The van der Waals surface area contributed by atoms with E-state index in [0.29, 0.717) is 10.9 Å². The Balaban J connectivity index is 2.79. The number of hydrogen-bond acceptors (Lipinski definition) is 4. The predicted octanol–water partition coefficient (Wildman–Crippen LogP) is 2.47. The minimum Gasteiger partial charge on any atom is -0.359 e. The van der Waals surface area contributed by atoms with Crippen molar-refractivity contribution in [3.63, 3.8) is 0 Å². The lowest BCUT2D eigenvalue weighted by molar-refractivity contribution is -0.384. The zero-order valence-corrected chi connectivity index (χ0v) is 6.93. The first-order valence-electron chi connectivity index (χ1n) is 3.81. The Hall–Kier alpha value is -2.24. The van der Waals surface area contributed by atoms with Gasteiger partial charge in [0.2, 0.25) is 0 Å². The smallest absolute Gasteiger partial charge is 0.272 e. The van der Waals surface area contributed by atoms with Crippen molar-refractivity contribution in [3.05, 3.63) is 39.4 Å². The average Bonchev–Trinajstić information content (AvgIpc) is 2.63. The Bertz CT molecular complexity index is 518. The predicted molar refractivity (Wildman–Crippen MR) is 50.4 cm³/mol. The van der Waals surface area contributed by atoms with E-state index in [2.05, 4.69) is 10.2 Å². The number of nitroso groups, excluding NO2 is 1. The molecule has 0 aliphatic heterocycles. The molecule has 1 aromatic carbocycles. The fourth-order valence-electron chi connectivity index (χ4n) is 1.31. The highest BCUT2D eigenvalue weighted by molar-refractivity contribution is 5.91. The van der Waals surface area contributed by atoms with Crippen LogP contribution in [-0.4, -0.2) is 9.91 Å². The first-order valence-corrected chi connectivity index (χ1v) is 3.81. The first-order chi connectivity index (χ1) is 6.72. The van der Waals surface area contributed by atoms with E-state index in [-0.39, 0.29) is 11.4 Å². The molecule has 2 rings (SSSR count). The summed E-state index contributed by atoms with van der Waals surface area (Å²) >= 11 is 0. The van der Waals surface area contributed by atoms with Gasteiger partial charge in [-0.25, -0.2) is 0 Å². The number of rotatable bonds is 2. The molecule has 6 heteroatoms. The number of H-pyrrole nitrogens is 1. The number of nitro groups is 1. The molecule has 0 spiro atoms. The molecule has 6 nitrogen and oxygen atoms in total. The van der Waals surface area contributed by atoms with Gasteiger partial charge in [0.15, 0.2) is 0 Å². The molecule has 0 atom stereocenters. The van der Waals surface area contributed by atoms with Gasteiger partial charge in [-0.1, -0.05) is 0 Å². The number of nitrogens with one attached hydrogen (secondary N) is 1. The van der Waals surface area contributed by atoms with Crippen LogP contribution in [0.5, 0.6) is 0 Å². The number of nitrogens with zero attached hydrogens (tertiary/aromatic N) is 2. The Morgan fingerprint density at radius 2 is 2.21 bits per heavy atom. The van der Waals surface area contributed by atoms with Gasteiger partial charge in [0.25, 0.3) is 5.69 Å². The van der Waals surface area contributed by atoms with Crippen LogP contribution in [0.2, 0.25) is 0 Å². The van der Waals surface area contributed by atoms with E-state index in [9.17, 15) is 15.0 Å². The largest absolute Gasteiger partial charge is 0.359 e. The molecule has 70 valence electrons. The van der Waals surface area contributed by atoms with Crippen molar-refractivity contribution in [2.75, 3.05) is 0 Å². The second kappa shape index (κ2) is 2.91. The third-order valence-electron chi connectivity index (χ3n) is 1.93. The van der Waals surface area contributed by atoms with Crippen LogP contribution < -0.4 is 0 Å². The topological polar surface area (TPSA) is 88.4 Å². The molecule has 1 heterocycles. The molecule has 1 aromatic heterocycles. The molecule has 0 radical (unpaired) electrons.